The molecule has 0 saturated heterocycles. The molecule has 2 N–H and O–H groups in total. The van der Waals surface area contributed by atoms with Gasteiger partial charge in [0.2, 0.25) is 0 Å². The van der Waals surface area contributed by atoms with Gasteiger partial charge < -0.3 is 15.2 Å². The summed E-state index contributed by atoms with van der Waals surface area (Å²) in [5, 5.41) is 14.2. The molecular weight excluding hydrogens is 469 g/mol. The van der Waals surface area contributed by atoms with Crippen molar-refractivity contribution in [1.29, 1.82) is 0 Å². The average molecular weight is 493 g/mol. The second-order valence-electron chi connectivity index (χ2n) is 8.97. The fraction of sp³-hybridized carbons (Fsp3) is 0.435. The van der Waals surface area contributed by atoms with Crippen molar-refractivity contribution < 1.29 is 27.9 Å². The summed E-state index contributed by atoms with van der Waals surface area (Å²) < 4.78 is 39.7. The summed E-state index contributed by atoms with van der Waals surface area (Å²) in [6, 6.07) is 3.35. The van der Waals surface area contributed by atoms with E-state index in [2.05, 4.69) is 15.3 Å². The number of alkyl halides is 3. The summed E-state index contributed by atoms with van der Waals surface area (Å²) in [6.45, 7) is 3.09. The maximum atomic E-state index is 13.0. The van der Waals surface area contributed by atoms with Crippen molar-refractivity contribution in [3.8, 4) is 0 Å². The maximum absolute atomic E-state index is 13.0. The molecule has 180 valence electrons. The zero-order chi connectivity index (χ0) is 24.7. The first-order chi connectivity index (χ1) is 16.0. The van der Waals surface area contributed by atoms with Crippen LogP contribution in [0.2, 0.25) is 0 Å². The number of aromatic nitrogens is 3. The smallest absolute Gasteiger partial charge is 0.386 e. The molecule has 1 amide bonds. The van der Waals surface area contributed by atoms with E-state index in [-0.39, 0.29) is 17.5 Å². The van der Waals surface area contributed by atoms with E-state index < -0.39 is 29.1 Å². The van der Waals surface area contributed by atoms with Gasteiger partial charge in [-0.05, 0) is 51.7 Å². The number of nitrogens with zero attached hydrogens (tertiary/aromatic N) is 3. The number of aliphatic hydroxyl groups is 1. The van der Waals surface area contributed by atoms with Crippen LogP contribution < -0.4 is 5.32 Å². The van der Waals surface area contributed by atoms with Crippen molar-refractivity contribution in [2.45, 2.75) is 57.2 Å². The summed E-state index contributed by atoms with van der Waals surface area (Å²) in [5.41, 5.74) is -1.84. The highest BCUT2D eigenvalue weighted by atomic mass is 32.1. The van der Waals surface area contributed by atoms with Crippen molar-refractivity contribution in [1.82, 2.24) is 15.0 Å². The molecule has 0 spiro atoms. The Bertz CT molecular complexity index is 1230. The SMILES string of the molecule is CC(C)(O)c1cc2nc([C@H]3CC[C@H](C=O)CC3)sc2cc1NC(=O)c1cncc(C(F)(F)F)n1. The molecule has 2 aromatic heterocycles. The standard InChI is InChI=1S/C23H23F3N4O3S/c1-22(2,33)14-7-16-18(34-21(30-16)13-5-3-12(11-31)4-6-13)8-15(14)29-20(32)17-9-27-10-19(28-17)23(24,25)26/h7-13,33H,3-6H2,1-2H3,(H,29,32)/t12-,13-. The molecule has 1 aromatic carbocycles. The molecule has 1 fully saturated rings. The van der Waals surface area contributed by atoms with Gasteiger partial charge in [0.1, 0.15) is 12.0 Å². The van der Waals surface area contributed by atoms with Crippen LogP contribution in [0.5, 0.6) is 0 Å². The number of fused-ring (bicyclic) bond motifs is 1. The zero-order valence-corrected chi connectivity index (χ0v) is 19.3. The Kier molecular flexibility index (Phi) is 6.43. The molecule has 1 aliphatic rings. The minimum Gasteiger partial charge on any atom is -0.386 e. The van der Waals surface area contributed by atoms with E-state index in [1.807, 2.05) is 0 Å². The molecule has 0 aliphatic heterocycles. The van der Waals surface area contributed by atoms with Crippen molar-refractivity contribution in [2.75, 3.05) is 5.32 Å². The Morgan fingerprint density at radius 2 is 1.85 bits per heavy atom. The van der Waals surface area contributed by atoms with Gasteiger partial charge in [0.15, 0.2) is 5.69 Å². The lowest BCUT2D eigenvalue weighted by atomic mass is 9.83. The quantitative estimate of drug-likeness (QED) is 0.483. The Morgan fingerprint density at radius 1 is 1.15 bits per heavy atom. The highest BCUT2D eigenvalue weighted by Crippen LogP contribution is 2.41. The van der Waals surface area contributed by atoms with E-state index in [1.165, 1.54) is 11.3 Å². The van der Waals surface area contributed by atoms with E-state index in [0.717, 1.165) is 47.9 Å². The highest BCUT2D eigenvalue weighted by molar-refractivity contribution is 7.18. The number of hydrogen-bond donors (Lipinski definition) is 2. The van der Waals surface area contributed by atoms with Crippen molar-refractivity contribution in [3.63, 3.8) is 0 Å². The molecule has 34 heavy (non-hydrogen) atoms. The van der Waals surface area contributed by atoms with Crippen LogP contribution >= 0.6 is 11.3 Å². The van der Waals surface area contributed by atoms with Gasteiger partial charge in [-0.3, -0.25) is 9.78 Å². The predicted octanol–water partition coefficient (Wildman–Crippen LogP) is 5.06. The Labute approximate surface area is 197 Å². The van der Waals surface area contributed by atoms with Crippen LogP contribution in [0.3, 0.4) is 0 Å². The molecule has 2 heterocycles. The third kappa shape index (κ3) is 5.10. The molecular formula is C23H23F3N4O3S. The number of carbonyl (C=O) groups is 2. The molecule has 0 bridgehead atoms. The third-order valence-corrected chi connectivity index (χ3v) is 7.10. The van der Waals surface area contributed by atoms with Gasteiger partial charge >= 0.3 is 6.18 Å². The topological polar surface area (TPSA) is 105 Å². The summed E-state index contributed by atoms with van der Waals surface area (Å²) in [7, 11) is 0. The Balaban J connectivity index is 1.66. The van der Waals surface area contributed by atoms with Crippen LogP contribution in [0.15, 0.2) is 24.5 Å². The van der Waals surface area contributed by atoms with Gasteiger partial charge in [0, 0.05) is 23.1 Å². The number of anilines is 1. The summed E-state index contributed by atoms with van der Waals surface area (Å²) in [6.07, 6.45) is 1.13. The molecule has 4 rings (SSSR count). The van der Waals surface area contributed by atoms with Crippen molar-refractivity contribution >= 4 is 39.4 Å². The Hall–Kier alpha value is -2.92. The summed E-state index contributed by atoms with van der Waals surface area (Å²) in [4.78, 5) is 35.3. The molecule has 0 unspecified atom stereocenters. The van der Waals surface area contributed by atoms with Gasteiger partial charge in [0.05, 0.1) is 33.2 Å². The van der Waals surface area contributed by atoms with Crippen LogP contribution in [0.4, 0.5) is 18.9 Å². The fourth-order valence-electron chi connectivity index (χ4n) is 4.08. The van der Waals surface area contributed by atoms with Crippen molar-refractivity contribution in [3.05, 3.63) is 46.5 Å². The molecule has 0 atom stereocenters. The van der Waals surface area contributed by atoms with Gasteiger partial charge in [-0.25, -0.2) is 9.97 Å². The van der Waals surface area contributed by atoms with Crippen LogP contribution in [0.25, 0.3) is 10.2 Å². The number of halogens is 3. The van der Waals surface area contributed by atoms with Crippen molar-refractivity contribution in [2.24, 2.45) is 5.92 Å². The van der Waals surface area contributed by atoms with Gasteiger partial charge in [0.25, 0.3) is 5.91 Å². The summed E-state index contributed by atoms with van der Waals surface area (Å²) >= 11 is 1.47. The second-order valence-corrected chi connectivity index (χ2v) is 10.0. The molecule has 11 heteroatoms. The largest absolute Gasteiger partial charge is 0.434 e. The number of benzene rings is 1. The van der Waals surface area contributed by atoms with Crippen LogP contribution in [0.1, 0.15) is 72.2 Å². The first kappa shape index (κ1) is 24.2. The minimum absolute atomic E-state index is 0.0909. The van der Waals surface area contributed by atoms with E-state index in [0.29, 0.717) is 17.3 Å². The molecule has 1 aliphatic carbocycles. The average Bonchev–Trinajstić information content (AvgIpc) is 3.20. The number of hydrogen-bond acceptors (Lipinski definition) is 7. The van der Waals surface area contributed by atoms with E-state index >= 15 is 0 Å². The monoisotopic (exact) mass is 492 g/mol. The fourth-order valence-corrected chi connectivity index (χ4v) is 5.23. The minimum atomic E-state index is -4.73. The highest BCUT2D eigenvalue weighted by Gasteiger charge is 2.34. The lowest BCUT2D eigenvalue weighted by Crippen LogP contribution is -2.22. The Morgan fingerprint density at radius 3 is 2.47 bits per heavy atom. The molecule has 0 radical (unpaired) electrons. The first-order valence-corrected chi connectivity index (χ1v) is 11.6. The van der Waals surface area contributed by atoms with Gasteiger partial charge in [-0.1, -0.05) is 0 Å². The van der Waals surface area contributed by atoms with E-state index in [1.54, 1.807) is 26.0 Å². The number of aldehydes is 1. The van der Waals surface area contributed by atoms with E-state index in [9.17, 15) is 27.9 Å². The van der Waals surface area contributed by atoms with E-state index in [4.69, 9.17) is 4.98 Å². The predicted molar refractivity (Wildman–Crippen MR) is 121 cm³/mol. The number of rotatable bonds is 5. The zero-order valence-electron chi connectivity index (χ0n) is 18.5. The first-order valence-electron chi connectivity index (χ1n) is 10.8. The molecule has 7 nitrogen and oxygen atoms in total. The van der Waals surface area contributed by atoms with Crippen LogP contribution in [-0.2, 0) is 16.6 Å². The second kappa shape index (κ2) is 9.03. The van der Waals surface area contributed by atoms with Gasteiger partial charge in [-0.15, -0.1) is 11.3 Å². The number of nitrogens with one attached hydrogen (secondary N) is 1. The lowest BCUT2D eigenvalue weighted by molar-refractivity contribution is -0.141. The number of carbonyl (C=O) groups excluding carboxylic acids is 2. The molecule has 1 saturated carbocycles. The summed E-state index contributed by atoms with van der Waals surface area (Å²) in [5.74, 6) is -0.550. The third-order valence-electron chi connectivity index (χ3n) is 5.92. The van der Waals surface area contributed by atoms with Gasteiger partial charge in [-0.2, -0.15) is 13.2 Å². The number of thiazole rings is 1. The van der Waals surface area contributed by atoms with Crippen LogP contribution in [0, 0.1) is 5.92 Å². The molecule has 3 aromatic rings. The lowest BCUT2D eigenvalue weighted by Gasteiger charge is -2.23. The maximum Gasteiger partial charge on any atom is 0.434 e. The normalized spacial score (nSPS) is 19.2. The number of amides is 1. The van der Waals surface area contributed by atoms with Crippen LogP contribution in [-0.4, -0.2) is 32.3 Å².